The van der Waals surface area contributed by atoms with E-state index in [4.69, 9.17) is 0 Å². The van der Waals surface area contributed by atoms with Gasteiger partial charge in [-0.2, -0.15) is 5.10 Å². The molecule has 1 N–H and O–H groups in total. The van der Waals surface area contributed by atoms with Crippen molar-refractivity contribution in [3.8, 4) is 28.1 Å². The van der Waals surface area contributed by atoms with Gasteiger partial charge in [-0.15, -0.1) is 0 Å². The van der Waals surface area contributed by atoms with Gasteiger partial charge in [0.1, 0.15) is 18.1 Å². The van der Waals surface area contributed by atoms with Gasteiger partial charge in [-0.05, 0) is 29.8 Å². The highest BCUT2D eigenvalue weighted by Crippen LogP contribution is 2.32. The molecule has 0 aliphatic heterocycles. The molecule has 1 aromatic carbocycles. The maximum Gasteiger partial charge on any atom is 0.116 e. The fourth-order valence-corrected chi connectivity index (χ4v) is 2.23. The van der Waals surface area contributed by atoms with Crippen LogP contribution in [0.4, 0.5) is 4.39 Å². The summed E-state index contributed by atoms with van der Waals surface area (Å²) in [5.41, 5.74) is 3.34. The molecule has 0 unspecified atom stereocenters. The third kappa shape index (κ3) is 2.76. The molecule has 0 fully saturated rings. The summed E-state index contributed by atoms with van der Waals surface area (Å²) in [5, 5.41) is 14.1. The van der Waals surface area contributed by atoms with Gasteiger partial charge in [0, 0.05) is 29.7 Å². The van der Waals surface area contributed by atoms with Gasteiger partial charge >= 0.3 is 0 Å². The normalized spacial score (nSPS) is 10.7. The molecule has 0 amide bonds. The fourth-order valence-electron chi connectivity index (χ4n) is 2.23. The van der Waals surface area contributed by atoms with Crippen molar-refractivity contribution in [2.24, 2.45) is 0 Å². The highest BCUT2D eigenvalue weighted by Gasteiger charge is 2.13. The molecule has 0 radical (unpaired) electrons. The monoisotopic (exact) mass is 283 g/mol. The molecule has 3 rings (SSSR count). The van der Waals surface area contributed by atoms with Crippen LogP contribution in [0.15, 0.2) is 55.0 Å². The molecule has 0 aliphatic rings. The van der Waals surface area contributed by atoms with Crippen LogP contribution in [0.5, 0.6) is 5.75 Å². The van der Waals surface area contributed by atoms with Gasteiger partial charge in [0.05, 0.1) is 6.54 Å². The first-order valence-corrected chi connectivity index (χ1v) is 6.61. The minimum Gasteiger partial charge on any atom is -0.508 e. The van der Waals surface area contributed by atoms with E-state index >= 15 is 0 Å². The Morgan fingerprint density at radius 2 is 1.90 bits per heavy atom. The zero-order valence-electron chi connectivity index (χ0n) is 11.3. The maximum atomic E-state index is 12.6. The summed E-state index contributed by atoms with van der Waals surface area (Å²) in [4.78, 5) is 4.00. The van der Waals surface area contributed by atoms with Crippen LogP contribution in [0.3, 0.4) is 0 Å². The molecule has 0 saturated heterocycles. The lowest BCUT2D eigenvalue weighted by atomic mass is 10.0. The van der Waals surface area contributed by atoms with Crippen molar-refractivity contribution in [2.75, 3.05) is 6.67 Å². The summed E-state index contributed by atoms with van der Waals surface area (Å²) < 4.78 is 14.2. The van der Waals surface area contributed by atoms with Crippen LogP contribution in [-0.4, -0.2) is 26.5 Å². The van der Waals surface area contributed by atoms with E-state index in [-0.39, 0.29) is 12.3 Å². The van der Waals surface area contributed by atoms with Gasteiger partial charge in [0.15, 0.2) is 0 Å². The number of phenols is 1. The van der Waals surface area contributed by atoms with E-state index in [0.29, 0.717) is 5.69 Å². The Balaban J connectivity index is 2.14. The molecule has 2 heterocycles. The minimum absolute atomic E-state index is 0.174. The van der Waals surface area contributed by atoms with E-state index in [1.807, 2.05) is 24.4 Å². The van der Waals surface area contributed by atoms with E-state index in [1.54, 1.807) is 35.3 Å². The number of hydrogen-bond donors (Lipinski definition) is 1. The zero-order chi connectivity index (χ0) is 14.7. The fraction of sp³-hybridized carbons (Fsp3) is 0.125. The minimum atomic E-state index is -0.475. The van der Waals surface area contributed by atoms with Crippen LogP contribution in [-0.2, 0) is 6.54 Å². The number of pyridine rings is 1. The summed E-state index contributed by atoms with van der Waals surface area (Å²) in [6.45, 7) is -0.270. The SMILES string of the molecule is Oc1cccc(-c2nn(CCF)cc2-c2ccncc2)c1. The number of alkyl halides is 1. The highest BCUT2D eigenvalue weighted by atomic mass is 19.1. The molecule has 0 atom stereocenters. The second kappa shape index (κ2) is 5.75. The van der Waals surface area contributed by atoms with Crippen molar-refractivity contribution in [3.63, 3.8) is 0 Å². The second-order valence-corrected chi connectivity index (χ2v) is 4.63. The van der Waals surface area contributed by atoms with E-state index in [0.717, 1.165) is 16.7 Å². The Hall–Kier alpha value is -2.69. The van der Waals surface area contributed by atoms with Crippen LogP contribution >= 0.6 is 0 Å². The molecular weight excluding hydrogens is 269 g/mol. The molecule has 21 heavy (non-hydrogen) atoms. The molecule has 3 aromatic rings. The summed E-state index contributed by atoms with van der Waals surface area (Å²) in [6, 6.07) is 10.6. The first-order valence-electron chi connectivity index (χ1n) is 6.61. The lowest BCUT2D eigenvalue weighted by Gasteiger charge is -2.03. The largest absolute Gasteiger partial charge is 0.508 e. The van der Waals surface area contributed by atoms with Crippen molar-refractivity contribution in [1.82, 2.24) is 14.8 Å². The lowest BCUT2D eigenvalue weighted by molar-refractivity contribution is 0.427. The van der Waals surface area contributed by atoms with Crippen molar-refractivity contribution in [1.29, 1.82) is 0 Å². The second-order valence-electron chi connectivity index (χ2n) is 4.63. The molecule has 2 aromatic heterocycles. The number of benzene rings is 1. The number of phenolic OH excluding ortho intramolecular Hbond substituents is 1. The Morgan fingerprint density at radius 3 is 2.62 bits per heavy atom. The quantitative estimate of drug-likeness (QED) is 0.799. The molecule has 5 heteroatoms. The van der Waals surface area contributed by atoms with Crippen molar-refractivity contribution >= 4 is 0 Å². The third-order valence-electron chi connectivity index (χ3n) is 3.19. The van der Waals surface area contributed by atoms with E-state index in [1.165, 1.54) is 0 Å². The number of aromatic hydroxyl groups is 1. The number of hydrogen-bond acceptors (Lipinski definition) is 3. The maximum absolute atomic E-state index is 12.6. The van der Waals surface area contributed by atoms with Crippen LogP contribution in [0.1, 0.15) is 0 Å². The van der Waals surface area contributed by atoms with Gasteiger partial charge < -0.3 is 5.11 Å². The van der Waals surface area contributed by atoms with Crippen molar-refractivity contribution in [3.05, 3.63) is 55.0 Å². The standard InChI is InChI=1S/C16H14FN3O/c17-6-9-20-11-15(12-4-7-18-8-5-12)16(19-20)13-2-1-3-14(21)10-13/h1-5,7-8,10-11,21H,6,9H2. The number of aromatic nitrogens is 3. The average molecular weight is 283 g/mol. The molecule has 0 aliphatic carbocycles. The molecule has 0 saturated carbocycles. The zero-order valence-corrected chi connectivity index (χ0v) is 11.3. The summed E-state index contributed by atoms with van der Waals surface area (Å²) >= 11 is 0. The van der Waals surface area contributed by atoms with Crippen LogP contribution < -0.4 is 0 Å². The molecule has 4 nitrogen and oxygen atoms in total. The molecule has 0 spiro atoms. The number of nitrogens with zero attached hydrogens (tertiary/aromatic N) is 3. The van der Waals surface area contributed by atoms with Gasteiger partial charge in [-0.3, -0.25) is 9.67 Å². The highest BCUT2D eigenvalue weighted by molar-refractivity contribution is 5.80. The topological polar surface area (TPSA) is 50.9 Å². The Morgan fingerprint density at radius 1 is 1.10 bits per heavy atom. The summed E-state index contributed by atoms with van der Waals surface area (Å²) in [7, 11) is 0. The van der Waals surface area contributed by atoms with Crippen molar-refractivity contribution < 1.29 is 9.50 Å². The first-order chi connectivity index (χ1) is 10.3. The average Bonchev–Trinajstić information content (AvgIpc) is 2.93. The number of halogens is 1. The molecule has 106 valence electrons. The predicted molar refractivity (Wildman–Crippen MR) is 78.5 cm³/mol. The number of rotatable bonds is 4. The third-order valence-corrected chi connectivity index (χ3v) is 3.19. The van der Waals surface area contributed by atoms with E-state index < -0.39 is 6.67 Å². The first kappa shape index (κ1) is 13.3. The van der Waals surface area contributed by atoms with Crippen molar-refractivity contribution in [2.45, 2.75) is 6.54 Å². The Bertz CT molecular complexity index is 740. The molecule has 0 bridgehead atoms. The van der Waals surface area contributed by atoms with E-state index in [9.17, 15) is 9.50 Å². The summed E-state index contributed by atoms with van der Waals surface area (Å²) in [6.07, 6.45) is 5.22. The van der Waals surface area contributed by atoms with Crippen LogP contribution in [0.2, 0.25) is 0 Å². The lowest BCUT2D eigenvalue weighted by Crippen LogP contribution is -1.99. The Kier molecular flexibility index (Phi) is 3.64. The smallest absolute Gasteiger partial charge is 0.116 e. The van der Waals surface area contributed by atoms with Crippen LogP contribution in [0, 0.1) is 0 Å². The van der Waals surface area contributed by atoms with Gasteiger partial charge in [0.2, 0.25) is 0 Å². The van der Waals surface area contributed by atoms with Gasteiger partial charge in [-0.1, -0.05) is 12.1 Å². The van der Waals surface area contributed by atoms with Crippen LogP contribution in [0.25, 0.3) is 22.4 Å². The van der Waals surface area contributed by atoms with Gasteiger partial charge in [0.25, 0.3) is 0 Å². The van der Waals surface area contributed by atoms with Gasteiger partial charge in [-0.25, -0.2) is 4.39 Å². The Labute approximate surface area is 121 Å². The predicted octanol–water partition coefficient (Wildman–Crippen LogP) is 3.29. The number of aryl methyl sites for hydroxylation is 1. The summed E-state index contributed by atoms with van der Waals surface area (Å²) in [5.74, 6) is 0.174. The van der Waals surface area contributed by atoms with E-state index in [2.05, 4.69) is 10.1 Å². The molecular formula is C16H14FN3O.